The SMILES string of the molecule is Cc1ccc(C(=O)N2C[C@H](c3ccccc3)NS2(=O)=O)cc1. The van der Waals surface area contributed by atoms with Gasteiger partial charge < -0.3 is 0 Å². The van der Waals surface area contributed by atoms with Gasteiger partial charge in [-0.15, -0.1) is 0 Å². The minimum Gasteiger partial charge on any atom is -0.268 e. The molecule has 1 aliphatic rings. The molecule has 0 radical (unpaired) electrons. The van der Waals surface area contributed by atoms with E-state index < -0.39 is 22.2 Å². The van der Waals surface area contributed by atoms with Crippen LogP contribution in [0.15, 0.2) is 54.6 Å². The third-order valence-corrected chi connectivity index (χ3v) is 5.13. The monoisotopic (exact) mass is 316 g/mol. The number of nitrogens with zero attached hydrogens (tertiary/aromatic N) is 1. The van der Waals surface area contributed by atoms with Crippen LogP contribution in [0.25, 0.3) is 0 Å². The molecule has 5 nitrogen and oxygen atoms in total. The van der Waals surface area contributed by atoms with E-state index in [1.165, 1.54) is 0 Å². The minimum absolute atomic E-state index is 0.0963. The van der Waals surface area contributed by atoms with Crippen LogP contribution >= 0.6 is 0 Å². The summed E-state index contributed by atoms with van der Waals surface area (Å²) in [7, 11) is -3.81. The number of hydrogen-bond acceptors (Lipinski definition) is 3. The van der Waals surface area contributed by atoms with Crippen LogP contribution in [-0.4, -0.2) is 25.2 Å². The highest BCUT2D eigenvalue weighted by Crippen LogP contribution is 2.25. The molecular weight excluding hydrogens is 300 g/mol. The molecule has 1 heterocycles. The van der Waals surface area contributed by atoms with Crippen LogP contribution in [0.1, 0.15) is 27.5 Å². The molecule has 0 unspecified atom stereocenters. The number of carbonyl (C=O) groups excluding carboxylic acids is 1. The standard InChI is InChI=1S/C16H16N2O3S/c1-12-7-9-14(10-8-12)16(19)18-11-15(17-22(18,20)21)13-5-3-2-4-6-13/h2-10,15,17H,11H2,1H3/t15-/m1/s1. The number of aryl methyl sites for hydroxylation is 1. The molecule has 0 aromatic heterocycles. The largest absolute Gasteiger partial charge is 0.304 e. The maximum absolute atomic E-state index is 12.5. The zero-order valence-electron chi connectivity index (χ0n) is 12.1. The lowest BCUT2D eigenvalue weighted by Gasteiger charge is -2.14. The van der Waals surface area contributed by atoms with E-state index in [0.29, 0.717) is 5.56 Å². The molecule has 1 aliphatic heterocycles. The molecular formula is C16H16N2O3S. The molecule has 1 atom stereocenters. The summed E-state index contributed by atoms with van der Waals surface area (Å²) in [5, 5.41) is 0. The quantitative estimate of drug-likeness (QED) is 0.922. The fraction of sp³-hybridized carbons (Fsp3) is 0.188. The minimum atomic E-state index is -3.81. The lowest BCUT2D eigenvalue weighted by molar-refractivity contribution is 0.0867. The predicted molar refractivity (Wildman–Crippen MR) is 83.5 cm³/mol. The molecule has 3 rings (SSSR count). The summed E-state index contributed by atoms with van der Waals surface area (Å²) in [6.07, 6.45) is 0. The van der Waals surface area contributed by atoms with Crippen LogP contribution in [0, 0.1) is 6.92 Å². The molecule has 1 N–H and O–H groups in total. The third-order valence-electron chi connectivity index (χ3n) is 3.66. The van der Waals surface area contributed by atoms with Gasteiger partial charge >= 0.3 is 10.2 Å². The first-order valence-corrected chi connectivity index (χ1v) is 8.37. The Balaban J connectivity index is 1.88. The Morgan fingerprint density at radius 2 is 1.73 bits per heavy atom. The Kier molecular flexibility index (Phi) is 3.72. The van der Waals surface area contributed by atoms with E-state index in [9.17, 15) is 13.2 Å². The number of carbonyl (C=O) groups is 1. The topological polar surface area (TPSA) is 66.5 Å². The van der Waals surface area contributed by atoms with Crippen molar-refractivity contribution in [3.8, 4) is 0 Å². The van der Waals surface area contributed by atoms with E-state index >= 15 is 0 Å². The summed E-state index contributed by atoms with van der Waals surface area (Å²) < 4.78 is 27.9. The number of hydrogen-bond donors (Lipinski definition) is 1. The second-order valence-electron chi connectivity index (χ2n) is 5.29. The lowest BCUT2D eigenvalue weighted by Crippen LogP contribution is -2.35. The van der Waals surface area contributed by atoms with E-state index in [1.807, 2.05) is 37.3 Å². The molecule has 2 aromatic rings. The Bertz CT molecular complexity index is 786. The van der Waals surface area contributed by atoms with Crippen molar-refractivity contribution in [2.75, 3.05) is 6.54 Å². The highest BCUT2D eigenvalue weighted by Gasteiger charge is 2.39. The van der Waals surface area contributed by atoms with Crippen LogP contribution in [-0.2, 0) is 10.2 Å². The van der Waals surface area contributed by atoms with Gasteiger partial charge in [0.1, 0.15) is 0 Å². The van der Waals surface area contributed by atoms with E-state index in [1.54, 1.807) is 24.3 Å². The summed E-state index contributed by atoms with van der Waals surface area (Å²) in [4.78, 5) is 12.5. The number of benzene rings is 2. The Labute approximate surface area is 129 Å². The van der Waals surface area contributed by atoms with E-state index in [4.69, 9.17) is 0 Å². The second kappa shape index (κ2) is 5.55. The Hall–Kier alpha value is -2.18. The maximum atomic E-state index is 12.5. The first-order chi connectivity index (χ1) is 10.5. The molecule has 6 heteroatoms. The van der Waals surface area contributed by atoms with E-state index in [0.717, 1.165) is 15.4 Å². The summed E-state index contributed by atoms with van der Waals surface area (Å²) >= 11 is 0. The van der Waals surface area contributed by atoms with Crippen molar-refractivity contribution in [1.29, 1.82) is 0 Å². The van der Waals surface area contributed by atoms with Crippen molar-refractivity contribution in [3.63, 3.8) is 0 Å². The Morgan fingerprint density at radius 1 is 1.09 bits per heavy atom. The van der Waals surface area contributed by atoms with Gasteiger partial charge in [0.15, 0.2) is 0 Å². The molecule has 0 spiro atoms. The molecule has 114 valence electrons. The predicted octanol–water partition coefficient (Wildman–Crippen LogP) is 2.03. The van der Waals surface area contributed by atoms with Gasteiger partial charge in [-0.2, -0.15) is 13.1 Å². The first-order valence-electron chi connectivity index (χ1n) is 6.93. The highest BCUT2D eigenvalue weighted by atomic mass is 32.2. The molecule has 0 saturated carbocycles. The fourth-order valence-electron chi connectivity index (χ4n) is 2.44. The highest BCUT2D eigenvalue weighted by molar-refractivity contribution is 7.88. The third kappa shape index (κ3) is 2.75. The van der Waals surface area contributed by atoms with Crippen LogP contribution < -0.4 is 4.72 Å². The van der Waals surface area contributed by atoms with Crippen molar-refractivity contribution in [2.45, 2.75) is 13.0 Å². The average Bonchev–Trinajstić information content (AvgIpc) is 2.84. The molecule has 0 bridgehead atoms. The zero-order chi connectivity index (χ0) is 15.7. The number of nitrogens with one attached hydrogen (secondary N) is 1. The normalized spacial score (nSPS) is 20.0. The van der Waals surface area contributed by atoms with Gasteiger partial charge in [0, 0.05) is 5.56 Å². The van der Waals surface area contributed by atoms with Crippen molar-refractivity contribution in [3.05, 3.63) is 71.3 Å². The van der Waals surface area contributed by atoms with Crippen LogP contribution in [0.2, 0.25) is 0 Å². The van der Waals surface area contributed by atoms with Crippen molar-refractivity contribution in [1.82, 2.24) is 9.03 Å². The van der Waals surface area contributed by atoms with Crippen molar-refractivity contribution >= 4 is 16.1 Å². The van der Waals surface area contributed by atoms with E-state index in [-0.39, 0.29) is 6.54 Å². The van der Waals surface area contributed by atoms with Gasteiger partial charge in [0.25, 0.3) is 5.91 Å². The molecule has 1 fully saturated rings. The van der Waals surface area contributed by atoms with Gasteiger partial charge in [0.2, 0.25) is 0 Å². The van der Waals surface area contributed by atoms with E-state index in [2.05, 4.69) is 4.72 Å². The molecule has 0 aliphatic carbocycles. The zero-order valence-corrected chi connectivity index (χ0v) is 12.9. The van der Waals surface area contributed by atoms with Crippen LogP contribution in [0.5, 0.6) is 0 Å². The number of amides is 1. The summed E-state index contributed by atoms with van der Waals surface area (Å²) in [5.74, 6) is -0.508. The van der Waals surface area contributed by atoms with Crippen molar-refractivity contribution in [2.24, 2.45) is 0 Å². The molecule has 1 amide bonds. The second-order valence-corrected chi connectivity index (χ2v) is 6.92. The van der Waals surface area contributed by atoms with Gasteiger partial charge in [-0.05, 0) is 24.6 Å². The molecule has 22 heavy (non-hydrogen) atoms. The van der Waals surface area contributed by atoms with Gasteiger partial charge in [-0.25, -0.2) is 4.31 Å². The summed E-state index contributed by atoms with van der Waals surface area (Å²) in [6.45, 7) is 2.01. The van der Waals surface area contributed by atoms with Crippen molar-refractivity contribution < 1.29 is 13.2 Å². The van der Waals surface area contributed by atoms with Crippen LogP contribution in [0.4, 0.5) is 0 Å². The maximum Gasteiger partial charge on any atom is 0.304 e. The Morgan fingerprint density at radius 3 is 2.36 bits per heavy atom. The average molecular weight is 316 g/mol. The van der Waals surface area contributed by atoms with Gasteiger partial charge in [-0.3, -0.25) is 4.79 Å². The lowest BCUT2D eigenvalue weighted by atomic mass is 10.1. The summed E-state index contributed by atoms with van der Waals surface area (Å²) in [5.41, 5.74) is 2.22. The van der Waals surface area contributed by atoms with Crippen LogP contribution in [0.3, 0.4) is 0 Å². The number of rotatable bonds is 2. The fourth-order valence-corrected chi connectivity index (χ4v) is 3.80. The summed E-state index contributed by atoms with van der Waals surface area (Å²) in [6, 6.07) is 15.7. The molecule has 1 saturated heterocycles. The molecule has 2 aromatic carbocycles. The van der Waals surface area contributed by atoms with Gasteiger partial charge in [-0.1, -0.05) is 48.0 Å². The first kappa shape index (κ1) is 14.7. The van der Waals surface area contributed by atoms with Gasteiger partial charge in [0.05, 0.1) is 12.6 Å². The smallest absolute Gasteiger partial charge is 0.268 e.